The van der Waals surface area contributed by atoms with E-state index in [1.807, 2.05) is 0 Å². The zero-order chi connectivity index (χ0) is 40.4. The maximum Gasteiger partial charge on any atom is 0.306 e. The number of unbranched alkanes of at least 4 members (excludes halogenated alkanes) is 14. The van der Waals surface area contributed by atoms with Crippen LogP contribution in [0, 0.1) is 0 Å². The van der Waals surface area contributed by atoms with E-state index in [4.69, 9.17) is 28.4 Å². The Morgan fingerprint density at radius 3 is 1.64 bits per heavy atom. The molecule has 322 valence electrons. The molecular weight excluding hydrogens is 720 g/mol. The lowest BCUT2D eigenvalue weighted by Gasteiger charge is -2.42. The van der Waals surface area contributed by atoms with Gasteiger partial charge in [0.05, 0.1) is 19.8 Å². The molecule has 15 heteroatoms. The molecule has 15 nitrogen and oxygen atoms in total. The van der Waals surface area contributed by atoms with Crippen molar-refractivity contribution < 1.29 is 73.8 Å². The Bertz CT molecular complexity index is 1030. The standard InChI is InChI=1S/C40H72O15/c1-3-5-7-9-11-12-13-14-15-17-19-21-23-32(43)53-28(25-50-31(42)22-20-18-16-10-8-6-4-2)26-51-39-38(49)36(47)34(45)30(55-39)27-52-40-37(48)35(46)33(44)29(24-41)54-40/h11-12,28-30,33-41,44-49H,3-10,13-27H2,1-2H3/b12-11+/t28-,29-,30-,33+,34+,35?,36?,37?,38?,39-,40-/m1/s1. The van der Waals surface area contributed by atoms with Gasteiger partial charge in [-0.25, -0.2) is 0 Å². The molecular formula is C40H72O15. The third-order valence-corrected chi connectivity index (χ3v) is 9.99. The number of aliphatic hydroxyl groups excluding tert-OH is 7. The molecule has 0 aromatic heterocycles. The molecule has 0 spiro atoms. The third kappa shape index (κ3) is 19.5. The van der Waals surface area contributed by atoms with Crippen molar-refractivity contribution in [2.75, 3.05) is 26.4 Å². The van der Waals surface area contributed by atoms with Crippen molar-refractivity contribution in [1.29, 1.82) is 0 Å². The molecule has 0 radical (unpaired) electrons. The minimum Gasteiger partial charge on any atom is -0.462 e. The van der Waals surface area contributed by atoms with Crippen LogP contribution in [0.4, 0.5) is 0 Å². The minimum absolute atomic E-state index is 0.157. The van der Waals surface area contributed by atoms with Crippen LogP contribution in [0.15, 0.2) is 12.2 Å². The van der Waals surface area contributed by atoms with Crippen LogP contribution in [-0.2, 0) is 38.0 Å². The second kappa shape index (κ2) is 29.5. The lowest BCUT2D eigenvalue weighted by molar-refractivity contribution is -0.332. The van der Waals surface area contributed by atoms with Crippen LogP contribution < -0.4 is 0 Å². The predicted octanol–water partition coefficient (Wildman–Crippen LogP) is 3.09. The number of rotatable bonds is 30. The van der Waals surface area contributed by atoms with Gasteiger partial charge in [-0.1, -0.05) is 96.6 Å². The minimum atomic E-state index is -1.76. The summed E-state index contributed by atoms with van der Waals surface area (Å²) in [5.41, 5.74) is 0. The van der Waals surface area contributed by atoms with E-state index in [1.165, 1.54) is 32.1 Å². The molecule has 0 aliphatic carbocycles. The van der Waals surface area contributed by atoms with Gasteiger partial charge in [-0.3, -0.25) is 9.59 Å². The van der Waals surface area contributed by atoms with Crippen molar-refractivity contribution in [3.05, 3.63) is 12.2 Å². The number of aliphatic hydroxyl groups is 7. The topological polar surface area (TPSA) is 231 Å². The molecule has 0 aromatic rings. The Kier molecular flexibility index (Phi) is 26.4. The molecule has 4 unspecified atom stereocenters. The number of carbonyl (C=O) groups is 2. The predicted molar refractivity (Wildman–Crippen MR) is 201 cm³/mol. The zero-order valence-electron chi connectivity index (χ0n) is 33.2. The van der Waals surface area contributed by atoms with Gasteiger partial charge >= 0.3 is 11.9 Å². The molecule has 0 aromatic carbocycles. The van der Waals surface area contributed by atoms with E-state index >= 15 is 0 Å². The lowest BCUT2D eigenvalue weighted by atomic mass is 9.98. The van der Waals surface area contributed by atoms with Gasteiger partial charge < -0.3 is 64.2 Å². The summed E-state index contributed by atoms with van der Waals surface area (Å²) in [6, 6.07) is 0. The maximum absolute atomic E-state index is 12.8. The van der Waals surface area contributed by atoms with E-state index < -0.39 is 92.7 Å². The van der Waals surface area contributed by atoms with Crippen molar-refractivity contribution in [3.63, 3.8) is 0 Å². The summed E-state index contributed by atoms with van der Waals surface area (Å²) in [7, 11) is 0. The average molecular weight is 793 g/mol. The third-order valence-electron chi connectivity index (χ3n) is 9.99. The quantitative estimate of drug-likeness (QED) is 0.0315. The molecule has 2 aliphatic heterocycles. The van der Waals surface area contributed by atoms with Crippen LogP contribution in [0.3, 0.4) is 0 Å². The lowest BCUT2D eigenvalue weighted by Crippen LogP contribution is -2.61. The van der Waals surface area contributed by atoms with Gasteiger partial charge in [-0.05, 0) is 38.5 Å². The maximum atomic E-state index is 12.8. The SMILES string of the molecule is CCCCC/C=C/CCCCCCCC(=O)O[C@H](COC(=O)CCCCCCCCC)CO[C@@H]1O[C@H](CO[C@@H]2O[C@H](CO)[C@H](O)C(O)C2O)[C@H](O)C(O)C1O. The summed E-state index contributed by atoms with van der Waals surface area (Å²) in [4.78, 5) is 25.4. The Morgan fingerprint density at radius 1 is 0.564 bits per heavy atom. The summed E-state index contributed by atoms with van der Waals surface area (Å²) in [6.45, 7) is 2.47. The number of ether oxygens (including phenoxy) is 6. The fraction of sp³-hybridized carbons (Fsp3) is 0.900. The van der Waals surface area contributed by atoms with Gasteiger partial charge in [0.1, 0.15) is 55.4 Å². The number of carbonyl (C=O) groups excluding carboxylic acids is 2. The van der Waals surface area contributed by atoms with E-state index in [0.29, 0.717) is 12.8 Å². The van der Waals surface area contributed by atoms with Gasteiger partial charge in [0.25, 0.3) is 0 Å². The average Bonchev–Trinajstić information content (AvgIpc) is 3.18. The van der Waals surface area contributed by atoms with E-state index in [2.05, 4.69) is 26.0 Å². The molecule has 55 heavy (non-hydrogen) atoms. The van der Waals surface area contributed by atoms with Crippen molar-refractivity contribution in [2.45, 2.75) is 203 Å². The van der Waals surface area contributed by atoms with Crippen molar-refractivity contribution in [1.82, 2.24) is 0 Å². The number of esters is 2. The van der Waals surface area contributed by atoms with Gasteiger partial charge in [-0.15, -0.1) is 0 Å². The summed E-state index contributed by atoms with van der Waals surface area (Å²) in [5.74, 6) is -0.943. The molecule has 11 atom stereocenters. The van der Waals surface area contributed by atoms with Gasteiger partial charge in [0.15, 0.2) is 18.7 Å². The second-order valence-corrected chi connectivity index (χ2v) is 14.8. The molecule has 2 heterocycles. The van der Waals surface area contributed by atoms with E-state index in [9.17, 15) is 45.3 Å². The van der Waals surface area contributed by atoms with Crippen LogP contribution in [0.5, 0.6) is 0 Å². The largest absolute Gasteiger partial charge is 0.462 e. The van der Waals surface area contributed by atoms with Gasteiger partial charge in [0, 0.05) is 12.8 Å². The molecule has 2 rings (SSSR count). The van der Waals surface area contributed by atoms with Crippen molar-refractivity contribution >= 4 is 11.9 Å². The zero-order valence-corrected chi connectivity index (χ0v) is 33.2. The van der Waals surface area contributed by atoms with E-state index in [0.717, 1.165) is 64.2 Å². The first-order valence-corrected chi connectivity index (χ1v) is 20.8. The fourth-order valence-corrected chi connectivity index (χ4v) is 6.44. The number of hydrogen-bond donors (Lipinski definition) is 7. The highest BCUT2D eigenvalue weighted by Gasteiger charge is 2.47. The Hall–Kier alpha value is -1.76. The number of hydrogen-bond acceptors (Lipinski definition) is 15. The Balaban J connectivity index is 1.89. The highest BCUT2D eigenvalue weighted by Crippen LogP contribution is 2.26. The summed E-state index contributed by atoms with van der Waals surface area (Å²) in [6.07, 6.45) is 5.81. The molecule has 2 aliphatic rings. The summed E-state index contributed by atoms with van der Waals surface area (Å²) in [5, 5.41) is 71.6. The monoisotopic (exact) mass is 792 g/mol. The first-order chi connectivity index (χ1) is 26.5. The Morgan fingerprint density at radius 2 is 1.04 bits per heavy atom. The Labute approximate surface area is 327 Å². The van der Waals surface area contributed by atoms with Crippen molar-refractivity contribution in [3.8, 4) is 0 Å². The van der Waals surface area contributed by atoms with Crippen LogP contribution >= 0.6 is 0 Å². The van der Waals surface area contributed by atoms with Crippen molar-refractivity contribution in [2.24, 2.45) is 0 Å². The van der Waals surface area contributed by atoms with Crippen LogP contribution in [0.2, 0.25) is 0 Å². The molecule has 0 bridgehead atoms. The molecule has 7 N–H and O–H groups in total. The van der Waals surface area contributed by atoms with E-state index in [-0.39, 0.29) is 26.1 Å². The second-order valence-electron chi connectivity index (χ2n) is 14.8. The van der Waals surface area contributed by atoms with E-state index in [1.54, 1.807) is 0 Å². The molecule has 0 amide bonds. The number of allylic oxidation sites excluding steroid dienone is 2. The first-order valence-electron chi connectivity index (χ1n) is 20.8. The van der Waals surface area contributed by atoms with Gasteiger partial charge in [0.2, 0.25) is 0 Å². The molecule has 0 saturated carbocycles. The molecule has 2 fully saturated rings. The first kappa shape index (κ1) is 49.4. The van der Waals surface area contributed by atoms with Crippen LogP contribution in [0.25, 0.3) is 0 Å². The van der Waals surface area contributed by atoms with Crippen LogP contribution in [-0.4, -0.2) is 142 Å². The fourth-order valence-electron chi connectivity index (χ4n) is 6.44. The smallest absolute Gasteiger partial charge is 0.306 e. The van der Waals surface area contributed by atoms with Crippen LogP contribution in [0.1, 0.15) is 136 Å². The summed E-state index contributed by atoms with van der Waals surface area (Å²) >= 11 is 0. The highest BCUT2D eigenvalue weighted by molar-refractivity contribution is 5.70. The highest BCUT2D eigenvalue weighted by atomic mass is 16.7. The normalized spacial score (nSPS) is 29.0. The molecule has 2 saturated heterocycles. The van der Waals surface area contributed by atoms with Gasteiger partial charge in [-0.2, -0.15) is 0 Å². The summed E-state index contributed by atoms with van der Waals surface area (Å²) < 4.78 is 33.3.